The third-order valence-electron chi connectivity index (χ3n) is 4.59. The first-order valence-corrected chi connectivity index (χ1v) is 10.4. The molecule has 29 heavy (non-hydrogen) atoms. The molecule has 1 heterocycles. The van der Waals surface area contributed by atoms with Gasteiger partial charge in [0.15, 0.2) is 0 Å². The first-order chi connectivity index (χ1) is 14.0. The van der Waals surface area contributed by atoms with Gasteiger partial charge in [-0.15, -0.1) is 0 Å². The summed E-state index contributed by atoms with van der Waals surface area (Å²) in [6.45, 7) is 4.14. The van der Waals surface area contributed by atoms with E-state index in [1.807, 2.05) is 24.3 Å². The van der Waals surface area contributed by atoms with Gasteiger partial charge in [-0.3, -0.25) is 0 Å². The smallest absolute Gasteiger partial charge is 0.146 e. The molecule has 3 aromatic carbocycles. The molecule has 4 rings (SSSR count). The summed E-state index contributed by atoms with van der Waals surface area (Å²) in [5, 5.41) is 2.38. The molecular weight excluding hydrogens is 398 g/mol. The number of amidine groups is 1. The van der Waals surface area contributed by atoms with Crippen molar-refractivity contribution in [3.8, 4) is 21.8 Å². The van der Waals surface area contributed by atoms with Crippen LogP contribution in [0.3, 0.4) is 0 Å². The van der Waals surface area contributed by atoms with Crippen molar-refractivity contribution in [3.05, 3.63) is 94.5 Å². The van der Waals surface area contributed by atoms with E-state index in [0.717, 1.165) is 32.4 Å². The van der Waals surface area contributed by atoms with Crippen molar-refractivity contribution in [2.75, 3.05) is 0 Å². The second kappa shape index (κ2) is 8.19. The van der Waals surface area contributed by atoms with Gasteiger partial charge in [0, 0.05) is 21.7 Å². The highest BCUT2D eigenvalue weighted by Gasteiger charge is 2.15. The summed E-state index contributed by atoms with van der Waals surface area (Å²) in [4.78, 5) is 9.63. The van der Waals surface area contributed by atoms with Crippen LogP contribution in [0.5, 0.6) is 0 Å². The van der Waals surface area contributed by atoms with Gasteiger partial charge in [-0.2, -0.15) is 0 Å². The number of benzene rings is 3. The fourth-order valence-electron chi connectivity index (χ4n) is 2.90. The number of hydrogen-bond acceptors (Lipinski definition) is 3. The van der Waals surface area contributed by atoms with Crippen molar-refractivity contribution < 1.29 is 0 Å². The van der Waals surface area contributed by atoms with Crippen LogP contribution < -0.4 is 5.73 Å². The zero-order valence-electron chi connectivity index (χ0n) is 16.2. The van der Waals surface area contributed by atoms with Gasteiger partial charge in [-0.05, 0) is 38.1 Å². The molecule has 0 saturated heterocycles. The van der Waals surface area contributed by atoms with Gasteiger partial charge in [-0.25, -0.2) is 9.98 Å². The molecule has 4 aromatic rings. The minimum Gasteiger partial charge on any atom is -0.383 e. The first-order valence-electron chi connectivity index (χ1n) is 9.24. The second-order valence-corrected chi connectivity index (χ2v) is 8.32. The molecule has 0 aliphatic heterocycles. The third-order valence-corrected chi connectivity index (χ3v) is 5.85. The maximum absolute atomic E-state index is 6.30. The molecule has 0 fully saturated rings. The Morgan fingerprint density at radius 2 is 1.38 bits per heavy atom. The zero-order valence-corrected chi connectivity index (χ0v) is 17.8. The monoisotopic (exact) mass is 417 g/mol. The maximum atomic E-state index is 6.30. The average Bonchev–Trinajstić information content (AvgIpc) is 3.13. The minimum absolute atomic E-state index is 0.439. The number of thiazole rings is 1. The van der Waals surface area contributed by atoms with E-state index in [2.05, 4.69) is 62.4 Å². The molecule has 0 aliphatic carbocycles. The van der Waals surface area contributed by atoms with Crippen molar-refractivity contribution >= 4 is 33.8 Å². The summed E-state index contributed by atoms with van der Waals surface area (Å²) < 4.78 is 0. The van der Waals surface area contributed by atoms with Crippen LogP contribution in [-0.4, -0.2) is 10.8 Å². The number of hydrogen-bond donors (Lipinski definition) is 1. The molecule has 0 spiro atoms. The molecular formula is C24H20ClN3S. The highest BCUT2D eigenvalue weighted by atomic mass is 35.5. The number of aromatic nitrogens is 1. The highest BCUT2D eigenvalue weighted by molar-refractivity contribution is 7.19. The molecule has 0 radical (unpaired) electrons. The number of halogens is 1. The molecule has 1 aromatic heterocycles. The van der Waals surface area contributed by atoms with Gasteiger partial charge in [0.25, 0.3) is 0 Å². The highest BCUT2D eigenvalue weighted by Crippen LogP contribution is 2.40. The molecule has 0 saturated carbocycles. The number of nitrogens with zero attached hydrogens (tertiary/aromatic N) is 2. The van der Waals surface area contributed by atoms with Gasteiger partial charge < -0.3 is 5.73 Å². The van der Waals surface area contributed by atoms with Crippen LogP contribution in [0.2, 0.25) is 5.02 Å². The molecule has 2 N–H and O–H groups in total. The maximum Gasteiger partial charge on any atom is 0.146 e. The Labute approximate surface area is 179 Å². The SMILES string of the molecule is Cc1ccc(-c2nc(-c3ccc(C)cc3)c(/N=C(\N)c3ccc(Cl)cc3)s2)cc1. The predicted octanol–water partition coefficient (Wildman–Crippen LogP) is 6.78. The lowest BCUT2D eigenvalue weighted by atomic mass is 10.1. The van der Waals surface area contributed by atoms with E-state index < -0.39 is 0 Å². The number of aryl methyl sites for hydroxylation is 2. The molecule has 0 unspecified atom stereocenters. The van der Waals surface area contributed by atoms with Gasteiger partial charge in [0.1, 0.15) is 21.5 Å². The van der Waals surface area contributed by atoms with Gasteiger partial charge in [0.2, 0.25) is 0 Å². The standard InChI is InChI=1S/C24H20ClN3S/c1-15-3-7-17(8-4-15)21-24(28-22(26)18-11-13-20(25)14-12-18)29-23(27-21)19-9-5-16(2)6-10-19/h3-14H,1-2H3,(H2,26,28). The van der Waals surface area contributed by atoms with E-state index in [4.69, 9.17) is 27.3 Å². The minimum atomic E-state index is 0.439. The predicted molar refractivity (Wildman–Crippen MR) is 124 cm³/mol. The molecule has 0 amide bonds. The van der Waals surface area contributed by atoms with Crippen LogP contribution in [0.15, 0.2) is 77.8 Å². The Balaban J connectivity index is 1.82. The molecule has 0 aliphatic rings. The number of aliphatic imine (C=N–C) groups is 1. The molecule has 144 valence electrons. The van der Waals surface area contributed by atoms with Crippen molar-refractivity contribution in [1.29, 1.82) is 0 Å². The largest absolute Gasteiger partial charge is 0.383 e. The normalized spacial score (nSPS) is 11.6. The molecule has 3 nitrogen and oxygen atoms in total. The Morgan fingerprint density at radius 3 is 1.97 bits per heavy atom. The quantitative estimate of drug-likeness (QED) is 0.293. The van der Waals surface area contributed by atoms with E-state index >= 15 is 0 Å². The van der Waals surface area contributed by atoms with Crippen LogP contribution in [0.25, 0.3) is 21.8 Å². The Morgan fingerprint density at radius 1 is 0.828 bits per heavy atom. The average molecular weight is 418 g/mol. The van der Waals surface area contributed by atoms with Crippen LogP contribution >= 0.6 is 22.9 Å². The fraction of sp³-hybridized carbons (Fsp3) is 0.0833. The third kappa shape index (κ3) is 4.39. The molecule has 0 bridgehead atoms. The molecule has 5 heteroatoms. The first kappa shape index (κ1) is 19.4. The summed E-state index contributed by atoms with van der Waals surface area (Å²) in [5.41, 5.74) is 12.5. The van der Waals surface area contributed by atoms with Crippen LogP contribution in [0.1, 0.15) is 16.7 Å². The Hall–Kier alpha value is -2.95. The van der Waals surface area contributed by atoms with E-state index in [-0.39, 0.29) is 0 Å². The summed E-state index contributed by atoms with van der Waals surface area (Å²) in [6.07, 6.45) is 0. The summed E-state index contributed by atoms with van der Waals surface area (Å²) >= 11 is 7.53. The summed E-state index contributed by atoms with van der Waals surface area (Å²) in [5.74, 6) is 0.439. The second-order valence-electron chi connectivity index (χ2n) is 6.91. The van der Waals surface area contributed by atoms with Crippen molar-refractivity contribution in [1.82, 2.24) is 4.98 Å². The lowest BCUT2D eigenvalue weighted by Crippen LogP contribution is -2.12. The number of rotatable bonds is 4. The fourth-order valence-corrected chi connectivity index (χ4v) is 4.01. The lowest BCUT2D eigenvalue weighted by Gasteiger charge is -2.03. The lowest BCUT2D eigenvalue weighted by molar-refractivity contribution is 1.36. The number of nitrogens with two attached hydrogens (primary N) is 1. The van der Waals surface area contributed by atoms with Crippen molar-refractivity contribution in [2.45, 2.75) is 13.8 Å². The summed E-state index contributed by atoms with van der Waals surface area (Å²) in [7, 11) is 0. The van der Waals surface area contributed by atoms with Crippen LogP contribution in [-0.2, 0) is 0 Å². The summed E-state index contributed by atoms with van der Waals surface area (Å²) in [6, 6.07) is 24.0. The van der Waals surface area contributed by atoms with Gasteiger partial charge in [0.05, 0.1) is 0 Å². The molecule has 0 atom stereocenters. The Bertz CT molecular complexity index is 1160. The van der Waals surface area contributed by atoms with Crippen LogP contribution in [0.4, 0.5) is 5.00 Å². The van der Waals surface area contributed by atoms with Crippen LogP contribution in [0, 0.1) is 13.8 Å². The zero-order chi connectivity index (χ0) is 20.4. The van der Waals surface area contributed by atoms with Crippen molar-refractivity contribution in [3.63, 3.8) is 0 Å². The van der Waals surface area contributed by atoms with E-state index in [1.54, 1.807) is 0 Å². The Kier molecular flexibility index (Phi) is 5.47. The van der Waals surface area contributed by atoms with E-state index in [1.165, 1.54) is 22.5 Å². The van der Waals surface area contributed by atoms with Gasteiger partial charge >= 0.3 is 0 Å². The van der Waals surface area contributed by atoms with E-state index in [9.17, 15) is 0 Å². The topological polar surface area (TPSA) is 51.3 Å². The van der Waals surface area contributed by atoms with E-state index in [0.29, 0.717) is 10.9 Å². The van der Waals surface area contributed by atoms with Crippen molar-refractivity contribution in [2.24, 2.45) is 10.7 Å². The van der Waals surface area contributed by atoms with Gasteiger partial charge in [-0.1, -0.05) is 82.6 Å².